The third-order valence-electron chi connectivity index (χ3n) is 5.43. The summed E-state index contributed by atoms with van der Waals surface area (Å²) in [5, 5.41) is 3.84. The van der Waals surface area contributed by atoms with Crippen molar-refractivity contribution in [2.75, 3.05) is 18.0 Å². The summed E-state index contributed by atoms with van der Waals surface area (Å²) in [5.74, 6) is -0.181. The molecule has 0 aliphatic carbocycles. The van der Waals surface area contributed by atoms with Gasteiger partial charge in [-0.15, -0.1) is 0 Å². The quantitative estimate of drug-likeness (QED) is 0.630. The number of amides is 1. The van der Waals surface area contributed by atoms with Gasteiger partial charge in [-0.25, -0.2) is 4.98 Å². The number of hydrogen-bond donors (Lipinski definition) is 1. The second-order valence-corrected chi connectivity index (χ2v) is 8.84. The van der Waals surface area contributed by atoms with Gasteiger partial charge < -0.3 is 10.2 Å². The number of hydrogen-bond acceptors (Lipinski definition) is 6. The molecule has 30 heavy (non-hydrogen) atoms. The lowest BCUT2D eigenvalue weighted by Gasteiger charge is -2.25. The molecular formula is C22H27N5O2S. The van der Waals surface area contributed by atoms with Crippen LogP contribution in [0.1, 0.15) is 38.2 Å². The van der Waals surface area contributed by atoms with Crippen LogP contribution in [-0.2, 0) is 17.8 Å². The number of piperidine rings is 1. The van der Waals surface area contributed by atoms with Gasteiger partial charge in [-0.05, 0) is 44.6 Å². The van der Waals surface area contributed by atoms with E-state index in [1.807, 2.05) is 25.1 Å². The molecule has 1 aliphatic heterocycles. The smallest absolute Gasteiger partial charge is 0.273 e. The number of carbonyl (C=O) groups is 1. The number of nitrogens with zero attached hydrogens (tertiary/aromatic N) is 4. The molecule has 0 saturated carbocycles. The van der Waals surface area contributed by atoms with E-state index in [-0.39, 0.29) is 24.1 Å². The Morgan fingerprint density at radius 1 is 1.20 bits per heavy atom. The van der Waals surface area contributed by atoms with Gasteiger partial charge in [0.05, 0.1) is 0 Å². The highest BCUT2D eigenvalue weighted by Crippen LogP contribution is 2.27. The maximum atomic E-state index is 12.9. The molecule has 158 valence electrons. The zero-order valence-corrected chi connectivity index (χ0v) is 18.0. The predicted octanol–water partition coefficient (Wildman–Crippen LogP) is 2.98. The van der Waals surface area contributed by atoms with Gasteiger partial charge >= 0.3 is 0 Å². The van der Waals surface area contributed by atoms with E-state index in [4.69, 9.17) is 0 Å². The van der Waals surface area contributed by atoms with Gasteiger partial charge in [-0.3, -0.25) is 14.2 Å². The Morgan fingerprint density at radius 3 is 2.73 bits per heavy atom. The molecule has 1 aliphatic rings. The second kappa shape index (κ2) is 9.38. The van der Waals surface area contributed by atoms with E-state index in [1.165, 1.54) is 34.2 Å². The van der Waals surface area contributed by atoms with Crippen molar-refractivity contribution in [3.8, 4) is 0 Å². The lowest BCUT2D eigenvalue weighted by Crippen LogP contribution is -2.37. The number of aromatic nitrogens is 3. The SMILES string of the molecule is CC(CCc1ccccc1)NC(=O)Cn1cnc2nc(N3CCCCC3)sc2c1=O. The van der Waals surface area contributed by atoms with E-state index < -0.39 is 0 Å². The van der Waals surface area contributed by atoms with Crippen LogP contribution in [0.15, 0.2) is 41.5 Å². The fourth-order valence-electron chi connectivity index (χ4n) is 3.74. The highest BCUT2D eigenvalue weighted by Gasteiger charge is 2.18. The number of benzene rings is 1. The summed E-state index contributed by atoms with van der Waals surface area (Å²) in [5.41, 5.74) is 1.52. The first kappa shape index (κ1) is 20.5. The first-order valence-electron chi connectivity index (χ1n) is 10.5. The minimum atomic E-state index is -0.201. The number of nitrogens with one attached hydrogen (secondary N) is 1. The highest BCUT2D eigenvalue weighted by molar-refractivity contribution is 7.22. The molecular weight excluding hydrogens is 398 g/mol. The Balaban J connectivity index is 1.38. The van der Waals surface area contributed by atoms with Crippen LogP contribution in [0, 0.1) is 0 Å². The van der Waals surface area contributed by atoms with Crippen molar-refractivity contribution >= 4 is 32.7 Å². The monoisotopic (exact) mass is 425 g/mol. The van der Waals surface area contributed by atoms with E-state index in [0.717, 1.165) is 43.9 Å². The molecule has 3 aromatic rings. The van der Waals surface area contributed by atoms with Crippen molar-refractivity contribution in [3.63, 3.8) is 0 Å². The average Bonchev–Trinajstić information content (AvgIpc) is 3.21. The van der Waals surface area contributed by atoms with Crippen LogP contribution >= 0.6 is 11.3 Å². The van der Waals surface area contributed by atoms with Crippen LogP contribution < -0.4 is 15.8 Å². The maximum Gasteiger partial charge on any atom is 0.273 e. The molecule has 1 N–H and O–H groups in total. The van der Waals surface area contributed by atoms with Crippen molar-refractivity contribution in [2.45, 2.75) is 51.6 Å². The molecule has 1 atom stereocenters. The maximum absolute atomic E-state index is 12.9. The zero-order valence-electron chi connectivity index (χ0n) is 17.2. The number of fused-ring (bicyclic) bond motifs is 1. The van der Waals surface area contributed by atoms with Crippen LogP contribution in [0.25, 0.3) is 10.3 Å². The van der Waals surface area contributed by atoms with Gasteiger partial charge in [-0.2, -0.15) is 4.98 Å². The molecule has 8 heteroatoms. The Hall–Kier alpha value is -2.74. The van der Waals surface area contributed by atoms with Gasteiger partial charge in [0.1, 0.15) is 17.6 Å². The molecule has 0 spiro atoms. The van der Waals surface area contributed by atoms with Gasteiger partial charge in [0.25, 0.3) is 5.56 Å². The summed E-state index contributed by atoms with van der Waals surface area (Å²) in [6, 6.07) is 10.2. The summed E-state index contributed by atoms with van der Waals surface area (Å²) in [4.78, 5) is 36.4. The minimum absolute atomic E-state index is 0.0270. The van der Waals surface area contributed by atoms with Crippen LogP contribution in [0.2, 0.25) is 0 Å². The van der Waals surface area contributed by atoms with E-state index in [0.29, 0.717) is 10.3 Å². The first-order chi connectivity index (χ1) is 14.6. The van der Waals surface area contributed by atoms with Gasteiger partial charge in [0.2, 0.25) is 5.91 Å². The molecule has 7 nitrogen and oxygen atoms in total. The van der Waals surface area contributed by atoms with Crippen molar-refractivity contribution in [3.05, 3.63) is 52.6 Å². The Kier molecular flexibility index (Phi) is 6.42. The van der Waals surface area contributed by atoms with Crippen molar-refractivity contribution < 1.29 is 4.79 Å². The van der Waals surface area contributed by atoms with Crippen molar-refractivity contribution in [1.82, 2.24) is 19.9 Å². The summed E-state index contributed by atoms with van der Waals surface area (Å²) < 4.78 is 1.89. The standard InChI is InChI=1S/C22H27N5O2S/c1-16(10-11-17-8-4-2-5-9-17)24-18(28)14-27-15-23-20-19(21(27)29)30-22(25-20)26-12-6-3-7-13-26/h2,4-5,8-9,15-16H,3,6-7,10-14H2,1H3,(H,24,28). The van der Waals surface area contributed by atoms with Crippen LogP contribution in [0.4, 0.5) is 5.13 Å². The molecule has 0 bridgehead atoms. The number of anilines is 1. The third-order valence-corrected chi connectivity index (χ3v) is 6.52. The molecule has 1 unspecified atom stereocenters. The molecule has 1 saturated heterocycles. The topological polar surface area (TPSA) is 80.1 Å². The number of rotatable bonds is 7. The van der Waals surface area contributed by atoms with Gasteiger partial charge in [0, 0.05) is 19.1 Å². The molecule has 2 aromatic heterocycles. The van der Waals surface area contributed by atoms with Gasteiger partial charge in [-0.1, -0.05) is 41.7 Å². The Morgan fingerprint density at radius 2 is 1.97 bits per heavy atom. The first-order valence-corrected chi connectivity index (χ1v) is 11.4. The van der Waals surface area contributed by atoms with Crippen molar-refractivity contribution in [2.24, 2.45) is 0 Å². The third kappa shape index (κ3) is 4.87. The summed E-state index contributed by atoms with van der Waals surface area (Å²) in [7, 11) is 0. The molecule has 1 fully saturated rings. The van der Waals surface area contributed by atoms with E-state index in [9.17, 15) is 9.59 Å². The van der Waals surface area contributed by atoms with Crippen molar-refractivity contribution in [1.29, 1.82) is 0 Å². The Labute approximate surface area is 179 Å². The normalized spacial score (nSPS) is 15.3. The number of aryl methyl sites for hydroxylation is 1. The lowest BCUT2D eigenvalue weighted by molar-refractivity contribution is -0.122. The summed E-state index contributed by atoms with van der Waals surface area (Å²) >= 11 is 1.38. The van der Waals surface area contributed by atoms with E-state index in [1.54, 1.807) is 0 Å². The minimum Gasteiger partial charge on any atom is -0.352 e. The number of thiazole rings is 1. The summed E-state index contributed by atoms with van der Waals surface area (Å²) in [6.45, 7) is 3.89. The second-order valence-electron chi connectivity index (χ2n) is 7.87. The number of carbonyl (C=O) groups excluding carboxylic acids is 1. The van der Waals surface area contributed by atoms with Gasteiger partial charge in [0.15, 0.2) is 10.8 Å². The van der Waals surface area contributed by atoms with Crippen LogP contribution in [0.3, 0.4) is 0 Å². The van der Waals surface area contributed by atoms with Crippen LogP contribution in [0.5, 0.6) is 0 Å². The van der Waals surface area contributed by atoms with Crippen LogP contribution in [-0.4, -0.2) is 39.6 Å². The molecule has 3 heterocycles. The molecule has 1 aromatic carbocycles. The lowest BCUT2D eigenvalue weighted by atomic mass is 10.1. The zero-order chi connectivity index (χ0) is 20.9. The van der Waals surface area contributed by atoms with E-state index >= 15 is 0 Å². The molecule has 1 amide bonds. The summed E-state index contributed by atoms with van der Waals surface area (Å²) in [6.07, 6.45) is 6.71. The van der Waals surface area contributed by atoms with E-state index in [2.05, 4.69) is 32.3 Å². The largest absolute Gasteiger partial charge is 0.352 e. The fourth-order valence-corrected chi connectivity index (χ4v) is 4.76. The molecule has 0 radical (unpaired) electrons. The fraction of sp³-hybridized carbons (Fsp3) is 0.455. The Bertz CT molecular complexity index is 1060. The predicted molar refractivity (Wildman–Crippen MR) is 120 cm³/mol. The average molecular weight is 426 g/mol. The highest BCUT2D eigenvalue weighted by atomic mass is 32.1. The molecule has 4 rings (SSSR count).